The largest absolute Gasteiger partial charge is 0.357 e. The van der Waals surface area contributed by atoms with E-state index in [-0.39, 0.29) is 5.91 Å². The summed E-state index contributed by atoms with van der Waals surface area (Å²) in [5.41, 5.74) is 2.08. The molecule has 0 saturated carbocycles. The SMILES string of the molecule is CCN(CC)c1cc(Nc2ccc(NC(=O)c3cccc(Cl)c3)cc2)nc(C)n1. The zero-order chi connectivity index (χ0) is 20.8. The van der Waals surface area contributed by atoms with Crippen molar-refractivity contribution in [2.75, 3.05) is 28.6 Å². The lowest BCUT2D eigenvalue weighted by Crippen LogP contribution is -2.23. The van der Waals surface area contributed by atoms with Crippen LogP contribution in [0.1, 0.15) is 30.0 Å². The number of aryl methyl sites for hydroxylation is 1. The Morgan fingerprint density at radius 3 is 2.34 bits per heavy atom. The Kier molecular flexibility index (Phi) is 6.67. The van der Waals surface area contributed by atoms with Gasteiger partial charge in [-0.25, -0.2) is 9.97 Å². The van der Waals surface area contributed by atoms with Crippen LogP contribution in [-0.2, 0) is 0 Å². The monoisotopic (exact) mass is 409 g/mol. The standard InChI is InChI=1S/C22H24ClN5O/c1-4-28(5-2)21-14-20(24-15(3)25-21)26-18-9-11-19(12-10-18)27-22(29)16-7-6-8-17(23)13-16/h6-14H,4-5H2,1-3H3,(H,27,29)(H,24,25,26). The highest BCUT2D eigenvalue weighted by molar-refractivity contribution is 6.31. The van der Waals surface area contributed by atoms with Gasteiger partial charge in [-0.2, -0.15) is 0 Å². The van der Waals surface area contributed by atoms with Crippen LogP contribution in [-0.4, -0.2) is 29.0 Å². The quantitative estimate of drug-likeness (QED) is 0.555. The highest BCUT2D eigenvalue weighted by atomic mass is 35.5. The smallest absolute Gasteiger partial charge is 0.255 e. The molecule has 0 saturated heterocycles. The summed E-state index contributed by atoms with van der Waals surface area (Å²) in [5.74, 6) is 2.14. The highest BCUT2D eigenvalue weighted by Gasteiger charge is 2.09. The second-order valence-corrected chi connectivity index (χ2v) is 6.93. The molecule has 0 aliphatic carbocycles. The van der Waals surface area contributed by atoms with Gasteiger partial charge >= 0.3 is 0 Å². The molecule has 0 aliphatic rings. The Bertz CT molecular complexity index is 987. The Labute approximate surface area is 175 Å². The minimum Gasteiger partial charge on any atom is -0.357 e. The van der Waals surface area contributed by atoms with Gasteiger partial charge < -0.3 is 15.5 Å². The predicted molar refractivity (Wildman–Crippen MR) is 119 cm³/mol. The van der Waals surface area contributed by atoms with Crippen LogP contribution in [0.4, 0.5) is 23.0 Å². The van der Waals surface area contributed by atoms with Crippen molar-refractivity contribution < 1.29 is 4.79 Å². The van der Waals surface area contributed by atoms with Crippen LogP contribution in [0, 0.1) is 6.92 Å². The fourth-order valence-corrected chi connectivity index (χ4v) is 3.13. The van der Waals surface area contributed by atoms with Gasteiger partial charge in [0.1, 0.15) is 17.5 Å². The number of carbonyl (C=O) groups excluding carboxylic acids is 1. The zero-order valence-corrected chi connectivity index (χ0v) is 17.5. The first-order valence-electron chi connectivity index (χ1n) is 9.53. The molecule has 2 N–H and O–H groups in total. The normalized spacial score (nSPS) is 10.5. The summed E-state index contributed by atoms with van der Waals surface area (Å²) >= 11 is 5.95. The third kappa shape index (κ3) is 5.45. The van der Waals surface area contributed by atoms with E-state index in [0.717, 1.165) is 30.4 Å². The summed E-state index contributed by atoms with van der Waals surface area (Å²) in [5, 5.41) is 6.70. The Balaban J connectivity index is 1.70. The molecule has 0 radical (unpaired) electrons. The number of amides is 1. The van der Waals surface area contributed by atoms with Crippen molar-refractivity contribution in [2.45, 2.75) is 20.8 Å². The average molecular weight is 410 g/mol. The lowest BCUT2D eigenvalue weighted by atomic mass is 10.2. The molecule has 0 aliphatic heterocycles. The van der Waals surface area contributed by atoms with E-state index >= 15 is 0 Å². The van der Waals surface area contributed by atoms with E-state index in [0.29, 0.717) is 22.1 Å². The maximum Gasteiger partial charge on any atom is 0.255 e. The summed E-state index contributed by atoms with van der Waals surface area (Å²) in [4.78, 5) is 23.5. The van der Waals surface area contributed by atoms with Crippen molar-refractivity contribution in [3.05, 3.63) is 71.0 Å². The van der Waals surface area contributed by atoms with E-state index < -0.39 is 0 Å². The van der Waals surface area contributed by atoms with E-state index in [1.807, 2.05) is 37.3 Å². The molecule has 1 aromatic heterocycles. The molecule has 3 rings (SSSR count). The van der Waals surface area contributed by atoms with Gasteiger partial charge in [0, 0.05) is 41.1 Å². The molecule has 3 aromatic rings. The number of nitrogens with zero attached hydrogens (tertiary/aromatic N) is 3. The van der Waals surface area contributed by atoms with Crippen molar-refractivity contribution in [1.82, 2.24) is 9.97 Å². The minimum absolute atomic E-state index is 0.205. The van der Waals surface area contributed by atoms with Crippen molar-refractivity contribution in [1.29, 1.82) is 0 Å². The third-order valence-electron chi connectivity index (χ3n) is 4.41. The fraction of sp³-hybridized carbons (Fsp3) is 0.227. The molecule has 29 heavy (non-hydrogen) atoms. The minimum atomic E-state index is -0.205. The molecule has 1 heterocycles. The average Bonchev–Trinajstić information content (AvgIpc) is 2.70. The van der Waals surface area contributed by atoms with Crippen LogP contribution >= 0.6 is 11.6 Å². The first kappa shape index (κ1) is 20.6. The van der Waals surface area contributed by atoms with E-state index in [1.165, 1.54) is 0 Å². The van der Waals surface area contributed by atoms with Crippen LogP contribution in [0.5, 0.6) is 0 Å². The van der Waals surface area contributed by atoms with Crippen molar-refractivity contribution >= 4 is 40.5 Å². The van der Waals surface area contributed by atoms with Crippen molar-refractivity contribution in [3.8, 4) is 0 Å². The van der Waals surface area contributed by atoms with Gasteiger partial charge in [-0.1, -0.05) is 17.7 Å². The van der Waals surface area contributed by atoms with E-state index in [4.69, 9.17) is 11.6 Å². The number of anilines is 4. The van der Waals surface area contributed by atoms with Gasteiger partial charge in [0.05, 0.1) is 0 Å². The van der Waals surface area contributed by atoms with E-state index in [2.05, 4.69) is 39.3 Å². The molecule has 0 fully saturated rings. The first-order chi connectivity index (χ1) is 14.0. The lowest BCUT2D eigenvalue weighted by Gasteiger charge is -2.20. The molecule has 1 amide bonds. The van der Waals surface area contributed by atoms with Crippen molar-refractivity contribution in [3.63, 3.8) is 0 Å². The predicted octanol–water partition coefficient (Wildman–Crippen LogP) is 5.28. The number of nitrogens with one attached hydrogen (secondary N) is 2. The summed E-state index contributed by atoms with van der Waals surface area (Å²) in [6.45, 7) is 7.85. The number of carbonyl (C=O) groups is 1. The van der Waals surface area contributed by atoms with Crippen LogP contribution < -0.4 is 15.5 Å². The van der Waals surface area contributed by atoms with Crippen LogP contribution in [0.2, 0.25) is 5.02 Å². The molecule has 150 valence electrons. The van der Waals surface area contributed by atoms with Gasteiger partial charge in [-0.05, 0) is 63.2 Å². The first-order valence-corrected chi connectivity index (χ1v) is 9.91. The Morgan fingerprint density at radius 2 is 1.69 bits per heavy atom. The molecule has 2 aromatic carbocycles. The second-order valence-electron chi connectivity index (χ2n) is 6.50. The number of aromatic nitrogens is 2. The summed E-state index contributed by atoms with van der Waals surface area (Å²) in [6, 6.07) is 16.2. The number of hydrogen-bond acceptors (Lipinski definition) is 5. The fourth-order valence-electron chi connectivity index (χ4n) is 2.94. The molecular formula is C22H24ClN5O. The van der Waals surface area contributed by atoms with E-state index in [1.54, 1.807) is 24.3 Å². The maximum absolute atomic E-state index is 12.3. The molecular weight excluding hydrogens is 386 g/mol. The number of benzene rings is 2. The molecule has 0 spiro atoms. The third-order valence-corrected chi connectivity index (χ3v) is 4.65. The van der Waals surface area contributed by atoms with Crippen LogP contribution in [0.25, 0.3) is 0 Å². The Morgan fingerprint density at radius 1 is 1.00 bits per heavy atom. The highest BCUT2D eigenvalue weighted by Crippen LogP contribution is 2.22. The zero-order valence-electron chi connectivity index (χ0n) is 16.7. The van der Waals surface area contributed by atoms with Crippen LogP contribution in [0.3, 0.4) is 0 Å². The number of halogens is 1. The summed E-state index contributed by atoms with van der Waals surface area (Å²) in [6.07, 6.45) is 0. The Hall–Kier alpha value is -3.12. The lowest BCUT2D eigenvalue weighted by molar-refractivity contribution is 0.102. The van der Waals surface area contributed by atoms with Gasteiger partial charge in [0.25, 0.3) is 5.91 Å². The van der Waals surface area contributed by atoms with Crippen molar-refractivity contribution in [2.24, 2.45) is 0 Å². The van der Waals surface area contributed by atoms with Crippen LogP contribution in [0.15, 0.2) is 54.6 Å². The maximum atomic E-state index is 12.3. The summed E-state index contributed by atoms with van der Waals surface area (Å²) in [7, 11) is 0. The summed E-state index contributed by atoms with van der Waals surface area (Å²) < 4.78 is 0. The van der Waals surface area contributed by atoms with Gasteiger partial charge in [0.15, 0.2) is 0 Å². The number of hydrogen-bond donors (Lipinski definition) is 2. The van der Waals surface area contributed by atoms with Gasteiger partial charge in [0.2, 0.25) is 0 Å². The molecule has 7 heteroatoms. The topological polar surface area (TPSA) is 70.2 Å². The molecule has 6 nitrogen and oxygen atoms in total. The number of rotatable bonds is 7. The van der Waals surface area contributed by atoms with Gasteiger partial charge in [-0.3, -0.25) is 4.79 Å². The van der Waals surface area contributed by atoms with E-state index in [9.17, 15) is 4.79 Å². The molecule has 0 bridgehead atoms. The molecule has 0 atom stereocenters. The molecule has 0 unspecified atom stereocenters. The second kappa shape index (κ2) is 9.39. The van der Waals surface area contributed by atoms with Gasteiger partial charge in [-0.15, -0.1) is 0 Å².